The number of nitrogens with zero attached hydrogens (tertiary/aromatic N) is 1. The van der Waals surface area contributed by atoms with Crippen molar-refractivity contribution in [1.82, 2.24) is 4.31 Å². The van der Waals surface area contributed by atoms with Crippen LogP contribution in [0.2, 0.25) is 0 Å². The number of halogens is 1. The topological polar surface area (TPSA) is 50.5 Å². The Bertz CT molecular complexity index is 455. The van der Waals surface area contributed by atoms with Gasteiger partial charge in [0.15, 0.2) is 0 Å². The van der Waals surface area contributed by atoms with Crippen molar-refractivity contribution >= 4 is 21.6 Å². The first-order chi connectivity index (χ1) is 7.93. The number of hydrogen-bond donors (Lipinski definition) is 0. The van der Waals surface area contributed by atoms with Crippen LogP contribution in [0, 0.1) is 0 Å². The van der Waals surface area contributed by atoms with E-state index in [0.29, 0.717) is 5.76 Å². The highest BCUT2D eigenvalue weighted by Crippen LogP contribution is 2.21. The maximum atomic E-state index is 12.2. The van der Waals surface area contributed by atoms with E-state index in [1.165, 1.54) is 10.4 Å². The van der Waals surface area contributed by atoms with Crippen LogP contribution in [0.4, 0.5) is 0 Å². The van der Waals surface area contributed by atoms with E-state index in [1.54, 1.807) is 13.1 Å². The monoisotopic (exact) mass is 279 g/mol. The van der Waals surface area contributed by atoms with Gasteiger partial charge < -0.3 is 4.42 Å². The van der Waals surface area contributed by atoms with Crippen LogP contribution in [0.15, 0.2) is 21.6 Å². The van der Waals surface area contributed by atoms with Gasteiger partial charge in [-0.05, 0) is 25.5 Å². The van der Waals surface area contributed by atoms with Crippen LogP contribution >= 0.6 is 11.6 Å². The summed E-state index contributed by atoms with van der Waals surface area (Å²) in [6.45, 7) is 3.90. The number of sulfonamides is 1. The molecule has 0 spiro atoms. The fourth-order valence-corrected chi connectivity index (χ4v) is 3.01. The molecule has 0 aliphatic rings. The zero-order chi connectivity index (χ0) is 13.1. The van der Waals surface area contributed by atoms with Gasteiger partial charge in [0, 0.05) is 13.1 Å². The molecule has 0 saturated carbocycles. The number of hydrogen-bond acceptors (Lipinski definition) is 3. The normalized spacial score (nSPS) is 14.2. The lowest BCUT2D eigenvalue weighted by Gasteiger charge is -2.22. The summed E-state index contributed by atoms with van der Waals surface area (Å²) in [5, 5.41) is -0.0430. The summed E-state index contributed by atoms with van der Waals surface area (Å²) in [6, 6.07) is 2.98. The maximum absolute atomic E-state index is 12.2. The SMILES string of the molecule is CCCC(C)N(C)S(=O)(=O)c1ccc(CCl)o1. The van der Waals surface area contributed by atoms with E-state index < -0.39 is 10.0 Å². The van der Waals surface area contributed by atoms with Gasteiger partial charge in [-0.1, -0.05) is 13.3 Å². The molecule has 1 aromatic rings. The lowest BCUT2D eigenvalue weighted by atomic mass is 10.2. The molecule has 0 aliphatic heterocycles. The fourth-order valence-electron chi connectivity index (χ4n) is 1.55. The highest BCUT2D eigenvalue weighted by molar-refractivity contribution is 7.89. The smallest absolute Gasteiger partial charge is 0.276 e. The molecule has 1 rings (SSSR count). The minimum Gasteiger partial charge on any atom is -0.447 e. The van der Waals surface area contributed by atoms with Crippen molar-refractivity contribution in [2.24, 2.45) is 0 Å². The number of rotatable bonds is 6. The van der Waals surface area contributed by atoms with Crippen molar-refractivity contribution in [2.45, 2.75) is 43.7 Å². The predicted octanol–water partition coefficient (Wildman–Crippen LogP) is 2.83. The Labute approximate surface area is 108 Å². The summed E-state index contributed by atoms with van der Waals surface area (Å²) in [6.07, 6.45) is 1.75. The van der Waals surface area contributed by atoms with Crippen molar-refractivity contribution in [3.63, 3.8) is 0 Å². The second-order valence-corrected chi connectivity index (χ2v) is 6.21. The Hall–Kier alpha value is -0.520. The number of furan rings is 1. The Morgan fingerprint density at radius 3 is 2.59 bits per heavy atom. The lowest BCUT2D eigenvalue weighted by molar-refractivity contribution is 0.345. The predicted molar refractivity (Wildman–Crippen MR) is 67.6 cm³/mol. The first-order valence-corrected chi connectivity index (χ1v) is 7.53. The Balaban J connectivity index is 2.94. The Kier molecular flexibility index (Phi) is 5.04. The van der Waals surface area contributed by atoms with Crippen LogP contribution in [-0.2, 0) is 15.9 Å². The summed E-state index contributed by atoms with van der Waals surface area (Å²) in [7, 11) is -1.97. The van der Waals surface area contributed by atoms with Crippen LogP contribution in [0.5, 0.6) is 0 Å². The summed E-state index contributed by atoms with van der Waals surface area (Å²) in [4.78, 5) is 0. The average molecular weight is 280 g/mol. The zero-order valence-electron chi connectivity index (χ0n) is 10.3. The van der Waals surface area contributed by atoms with Crippen LogP contribution in [-0.4, -0.2) is 25.8 Å². The summed E-state index contributed by atoms with van der Waals surface area (Å²) in [5.41, 5.74) is 0. The molecule has 0 aromatic carbocycles. The number of alkyl halides is 1. The molecular weight excluding hydrogens is 262 g/mol. The molecule has 6 heteroatoms. The van der Waals surface area contributed by atoms with Crippen molar-refractivity contribution in [3.8, 4) is 0 Å². The van der Waals surface area contributed by atoms with Crippen LogP contribution in [0.3, 0.4) is 0 Å². The summed E-state index contributed by atoms with van der Waals surface area (Å²) < 4.78 is 30.9. The van der Waals surface area contributed by atoms with E-state index in [0.717, 1.165) is 12.8 Å². The van der Waals surface area contributed by atoms with Crippen molar-refractivity contribution in [2.75, 3.05) is 7.05 Å². The third-order valence-electron chi connectivity index (χ3n) is 2.73. The molecule has 0 fully saturated rings. The molecule has 0 bridgehead atoms. The van der Waals surface area contributed by atoms with Gasteiger partial charge >= 0.3 is 0 Å². The molecule has 0 radical (unpaired) electrons. The Morgan fingerprint density at radius 2 is 2.12 bits per heavy atom. The molecule has 17 heavy (non-hydrogen) atoms. The van der Waals surface area contributed by atoms with Gasteiger partial charge in [0.25, 0.3) is 10.0 Å². The molecule has 1 atom stereocenters. The average Bonchev–Trinajstić information content (AvgIpc) is 2.77. The molecular formula is C11H18ClNO3S. The molecule has 98 valence electrons. The van der Waals surface area contributed by atoms with Crippen LogP contribution in [0.1, 0.15) is 32.4 Å². The lowest BCUT2D eigenvalue weighted by Crippen LogP contribution is -2.34. The van der Waals surface area contributed by atoms with Gasteiger partial charge in [-0.2, -0.15) is 4.31 Å². The molecule has 1 unspecified atom stereocenters. The zero-order valence-corrected chi connectivity index (χ0v) is 11.9. The van der Waals surface area contributed by atoms with Gasteiger partial charge in [-0.25, -0.2) is 8.42 Å². The van der Waals surface area contributed by atoms with Crippen LogP contribution in [0.25, 0.3) is 0 Å². The van der Waals surface area contributed by atoms with Crippen molar-refractivity contribution < 1.29 is 12.8 Å². The van der Waals surface area contributed by atoms with Gasteiger partial charge in [0.1, 0.15) is 5.76 Å². The standard InChI is InChI=1S/C11H18ClNO3S/c1-4-5-9(2)13(3)17(14,15)11-7-6-10(8-12)16-11/h6-7,9H,4-5,8H2,1-3H3. The minimum absolute atomic E-state index is 0.0430. The third kappa shape index (κ3) is 3.24. The van der Waals surface area contributed by atoms with Gasteiger partial charge in [0.2, 0.25) is 5.09 Å². The summed E-state index contributed by atoms with van der Waals surface area (Å²) >= 11 is 5.58. The Morgan fingerprint density at radius 1 is 1.47 bits per heavy atom. The van der Waals surface area contributed by atoms with Crippen molar-refractivity contribution in [3.05, 3.63) is 17.9 Å². The third-order valence-corrected chi connectivity index (χ3v) is 4.84. The summed E-state index contributed by atoms with van der Waals surface area (Å²) in [5.74, 6) is 0.630. The quantitative estimate of drug-likeness (QED) is 0.753. The molecule has 1 aromatic heterocycles. The van der Waals surface area contributed by atoms with Crippen molar-refractivity contribution in [1.29, 1.82) is 0 Å². The molecule has 4 nitrogen and oxygen atoms in total. The van der Waals surface area contributed by atoms with Gasteiger partial charge in [-0.3, -0.25) is 0 Å². The van der Waals surface area contributed by atoms with E-state index >= 15 is 0 Å². The second-order valence-electron chi connectivity index (χ2n) is 4.01. The highest BCUT2D eigenvalue weighted by Gasteiger charge is 2.27. The highest BCUT2D eigenvalue weighted by atomic mass is 35.5. The molecule has 1 heterocycles. The van der Waals surface area contributed by atoms with E-state index in [4.69, 9.17) is 16.0 Å². The van der Waals surface area contributed by atoms with E-state index in [-0.39, 0.29) is 17.0 Å². The molecule has 0 aliphatic carbocycles. The maximum Gasteiger partial charge on any atom is 0.276 e. The van der Waals surface area contributed by atoms with E-state index in [9.17, 15) is 8.42 Å². The van der Waals surface area contributed by atoms with E-state index in [1.807, 2.05) is 13.8 Å². The molecule has 0 N–H and O–H groups in total. The largest absolute Gasteiger partial charge is 0.447 e. The van der Waals surface area contributed by atoms with Crippen LogP contribution < -0.4 is 0 Å². The molecule has 0 saturated heterocycles. The first kappa shape index (κ1) is 14.5. The molecule has 0 amide bonds. The first-order valence-electron chi connectivity index (χ1n) is 5.56. The fraction of sp³-hybridized carbons (Fsp3) is 0.636. The second kappa shape index (κ2) is 5.89. The minimum atomic E-state index is -3.54. The van der Waals surface area contributed by atoms with Gasteiger partial charge in [0.05, 0.1) is 5.88 Å². The van der Waals surface area contributed by atoms with Gasteiger partial charge in [-0.15, -0.1) is 11.6 Å². The van der Waals surface area contributed by atoms with E-state index in [2.05, 4.69) is 0 Å².